The zero-order valence-electron chi connectivity index (χ0n) is 13.7. The molecule has 1 aliphatic rings. The number of aryl methyl sites for hydroxylation is 1. The first-order valence-corrected chi connectivity index (χ1v) is 7.66. The number of carbonyl (C=O) groups excluding carboxylic acids is 1. The van der Waals surface area contributed by atoms with Crippen LogP contribution in [0.25, 0.3) is 0 Å². The molecule has 1 saturated carbocycles. The van der Waals surface area contributed by atoms with Crippen molar-refractivity contribution in [3.63, 3.8) is 0 Å². The molecule has 0 saturated heterocycles. The number of hydrogen-bond acceptors (Lipinski definition) is 3. The lowest BCUT2D eigenvalue weighted by molar-refractivity contribution is 0.0523. The Labute approximate surface area is 126 Å². The van der Waals surface area contributed by atoms with Crippen molar-refractivity contribution >= 4 is 5.97 Å². The molecule has 0 radical (unpaired) electrons. The molecule has 0 aromatic carbocycles. The summed E-state index contributed by atoms with van der Waals surface area (Å²) in [4.78, 5) is 24.6. The maximum absolute atomic E-state index is 12.4. The quantitative estimate of drug-likeness (QED) is 0.802. The molecular formula is C17H25NO3. The summed E-state index contributed by atoms with van der Waals surface area (Å²) in [6, 6.07) is 1.74. The van der Waals surface area contributed by atoms with Crippen molar-refractivity contribution in [1.82, 2.24) is 4.57 Å². The third kappa shape index (κ3) is 3.04. The number of hydrogen-bond donors (Lipinski definition) is 0. The molecule has 1 atom stereocenters. The van der Waals surface area contributed by atoms with Crippen LogP contribution < -0.4 is 5.56 Å². The number of nitrogens with zero attached hydrogens (tertiary/aromatic N) is 1. The van der Waals surface area contributed by atoms with Crippen molar-refractivity contribution in [2.75, 3.05) is 6.61 Å². The Morgan fingerprint density at radius 3 is 2.62 bits per heavy atom. The first kappa shape index (κ1) is 15.8. The topological polar surface area (TPSA) is 48.3 Å². The van der Waals surface area contributed by atoms with Gasteiger partial charge < -0.3 is 9.30 Å². The molecule has 1 aromatic rings. The van der Waals surface area contributed by atoms with Crippen LogP contribution in [0.2, 0.25) is 0 Å². The van der Waals surface area contributed by atoms with Gasteiger partial charge in [0, 0.05) is 17.8 Å². The minimum atomic E-state index is -0.335. The monoisotopic (exact) mass is 291 g/mol. The molecule has 4 heteroatoms. The number of esters is 1. The first-order valence-electron chi connectivity index (χ1n) is 7.66. The summed E-state index contributed by atoms with van der Waals surface area (Å²) >= 11 is 0. The Hall–Kier alpha value is -1.58. The van der Waals surface area contributed by atoms with Crippen molar-refractivity contribution in [2.24, 2.45) is 5.41 Å². The van der Waals surface area contributed by atoms with Crippen molar-refractivity contribution in [2.45, 2.75) is 59.9 Å². The fraction of sp³-hybridized carbons (Fsp3) is 0.647. The standard InChI is InChI=1S/C17H25NO3/c1-6-21-16(20)15-11(2)9-14(19)18(12(15)3)13-7-8-17(4,5)10-13/h9,13H,6-8,10H2,1-5H3. The molecule has 0 bridgehead atoms. The molecule has 1 aromatic heterocycles. The third-order valence-electron chi connectivity index (χ3n) is 4.48. The van der Waals surface area contributed by atoms with E-state index in [-0.39, 0.29) is 23.0 Å². The van der Waals surface area contributed by atoms with Crippen LogP contribution in [0, 0.1) is 19.3 Å². The van der Waals surface area contributed by atoms with E-state index in [1.807, 2.05) is 6.92 Å². The van der Waals surface area contributed by atoms with Gasteiger partial charge >= 0.3 is 5.97 Å². The normalized spacial score (nSPS) is 20.5. The Balaban J connectivity index is 2.50. The molecule has 4 nitrogen and oxygen atoms in total. The second-order valence-electron chi connectivity index (χ2n) is 6.78. The van der Waals surface area contributed by atoms with Crippen molar-refractivity contribution in [3.05, 3.63) is 33.2 Å². The Morgan fingerprint density at radius 1 is 1.43 bits per heavy atom. The fourth-order valence-corrected chi connectivity index (χ4v) is 3.48. The molecule has 21 heavy (non-hydrogen) atoms. The second kappa shape index (κ2) is 5.66. The summed E-state index contributed by atoms with van der Waals surface area (Å²) in [5, 5.41) is 0. The molecular weight excluding hydrogens is 266 g/mol. The summed E-state index contributed by atoms with van der Waals surface area (Å²) in [7, 11) is 0. The number of carbonyl (C=O) groups is 1. The largest absolute Gasteiger partial charge is 0.462 e. The van der Waals surface area contributed by atoms with E-state index >= 15 is 0 Å². The predicted octanol–water partition coefficient (Wildman–Crippen LogP) is 3.39. The molecule has 116 valence electrons. The summed E-state index contributed by atoms with van der Waals surface area (Å²) in [6.45, 7) is 10.2. The molecule has 1 heterocycles. The summed E-state index contributed by atoms with van der Waals surface area (Å²) in [5.41, 5.74) is 2.22. The van der Waals surface area contributed by atoms with Gasteiger partial charge in [0.1, 0.15) is 0 Å². The van der Waals surface area contributed by atoms with E-state index in [2.05, 4.69) is 13.8 Å². The van der Waals surface area contributed by atoms with E-state index in [0.717, 1.165) is 25.0 Å². The van der Waals surface area contributed by atoms with Gasteiger partial charge in [0.2, 0.25) is 0 Å². The van der Waals surface area contributed by atoms with Gasteiger partial charge in [-0.05, 0) is 51.0 Å². The van der Waals surface area contributed by atoms with Crippen LogP contribution >= 0.6 is 0 Å². The highest BCUT2D eigenvalue weighted by molar-refractivity contribution is 5.92. The Morgan fingerprint density at radius 2 is 2.10 bits per heavy atom. The van der Waals surface area contributed by atoms with Crippen LogP contribution in [0.15, 0.2) is 10.9 Å². The summed E-state index contributed by atoms with van der Waals surface area (Å²) in [6.07, 6.45) is 3.06. The highest BCUT2D eigenvalue weighted by Crippen LogP contribution is 2.43. The lowest BCUT2D eigenvalue weighted by atomic mass is 9.91. The number of ether oxygens (including phenoxy) is 1. The van der Waals surface area contributed by atoms with Gasteiger partial charge in [-0.25, -0.2) is 4.79 Å². The van der Waals surface area contributed by atoms with Crippen LogP contribution in [-0.2, 0) is 4.74 Å². The first-order chi connectivity index (χ1) is 9.76. The van der Waals surface area contributed by atoms with Gasteiger partial charge in [-0.2, -0.15) is 0 Å². The second-order valence-corrected chi connectivity index (χ2v) is 6.78. The molecule has 0 spiro atoms. The van der Waals surface area contributed by atoms with Crippen LogP contribution in [0.1, 0.15) is 67.7 Å². The van der Waals surface area contributed by atoms with Crippen molar-refractivity contribution in [3.8, 4) is 0 Å². The zero-order valence-corrected chi connectivity index (χ0v) is 13.7. The highest BCUT2D eigenvalue weighted by atomic mass is 16.5. The van der Waals surface area contributed by atoms with Crippen LogP contribution in [0.3, 0.4) is 0 Å². The average Bonchev–Trinajstić information content (AvgIpc) is 2.69. The molecule has 1 fully saturated rings. The van der Waals surface area contributed by atoms with E-state index in [1.165, 1.54) is 0 Å². The van der Waals surface area contributed by atoms with Gasteiger partial charge in [0.05, 0.1) is 12.2 Å². The van der Waals surface area contributed by atoms with E-state index in [1.54, 1.807) is 24.5 Å². The van der Waals surface area contributed by atoms with E-state index < -0.39 is 0 Å². The van der Waals surface area contributed by atoms with E-state index in [9.17, 15) is 9.59 Å². The Bertz CT molecular complexity index is 613. The number of aromatic nitrogens is 1. The zero-order chi connectivity index (χ0) is 15.8. The Kier molecular flexibility index (Phi) is 4.26. The minimum Gasteiger partial charge on any atom is -0.462 e. The highest BCUT2D eigenvalue weighted by Gasteiger charge is 2.33. The van der Waals surface area contributed by atoms with Gasteiger partial charge in [-0.1, -0.05) is 13.8 Å². The number of pyridine rings is 1. The summed E-state index contributed by atoms with van der Waals surface area (Å²) < 4.78 is 6.93. The molecule has 2 rings (SSSR count). The maximum atomic E-state index is 12.4. The van der Waals surface area contributed by atoms with Crippen LogP contribution in [0.4, 0.5) is 0 Å². The molecule has 0 aliphatic heterocycles. The van der Waals surface area contributed by atoms with Crippen LogP contribution in [0.5, 0.6) is 0 Å². The smallest absolute Gasteiger partial charge is 0.340 e. The summed E-state index contributed by atoms with van der Waals surface area (Å²) in [5.74, 6) is -0.335. The lowest BCUT2D eigenvalue weighted by Crippen LogP contribution is -2.29. The fourth-order valence-electron chi connectivity index (χ4n) is 3.48. The van der Waals surface area contributed by atoms with E-state index in [0.29, 0.717) is 17.7 Å². The lowest BCUT2D eigenvalue weighted by Gasteiger charge is -2.22. The van der Waals surface area contributed by atoms with Crippen molar-refractivity contribution in [1.29, 1.82) is 0 Å². The maximum Gasteiger partial charge on any atom is 0.340 e. The molecule has 1 unspecified atom stereocenters. The molecule has 0 amide bonds. The minimum absolute atomic E-state index is 0.0132. The van der Waals surface area contributed by atoms with Gasteiger partial charge in [0.25, 0.3) is 5.56 Å². The number of rotatable bonds is 3. The van der Waals surface area contributed by atoms with Crippen molar-refractivity contribution < 1.29 is 9.53 Å². The third-order valence-corrected chi connectivity index (χ3v) is 4.48. The average molecular weight is 291 g/mol. The van der Waals surface area contributed by atoms with Gasteiger partial charge in [0.15, 0.2) is 0 Å². The molecule has 1 aliphatic carbocycles. The predicted molar refractivity (Wildman–Crippen MR) is 82.8 cm³/mol. The van der Waals surface area contributed by atoms with Gasteiger partial charge in [-0.15, -0.1) is 0 Å². The van der Waals surface area contributed by atoms with Crippen LogP contribution in [-0.4, -0.2) is 17.1 Å². The van der Waals surface area contributed by atoms with Gasteiger partial charge in [-0.3, -0.25) is 4.79 Å². The molecule has 0 N–H and O–H groups in total. The van der Waals surface area contributed by atoms with E-state index in [4.69, 9.17) is 4.74 Å². The SMILES string of the molecule is CCOC(=O)c1c(C)cc(=O)n(C2CCC(C)(C)C2)c1C.